The maximum Gasteiger partial charge on any atom is 0.325 e. The lowest BCUT2D eigenvalue weighted by atomic mass is 10.2. The van der Waals surface area contributed by atoms with Crippen LogP contribution >= 0.6 is 0 Å². The summed E-state index contributed by atoms with van der Waals surface area (Å²) in [6.45, 7) is 4.47. The molecule has 2 amide bonds. The number of aliphatic carboxylic acids is 1. The number of rotatable bonds is 7. The van der Waals surface area contributed by atoms with E-state index in [4.69, 9.17) is 9.84 Å². The molecule has 0 bridgehead atoms. The number of urea groups is 1. The van der Waals surface area contributed by atoms with Gasteiger partial charge in [-0.05, 0) is 44.4 Å². The van der Waals surface area contributed by atoms with Gasteiger partial charge in [0.15, 0.2) is 0 Å². The molecule has 0 saturated heterocycles. The van der Waals surface area contributed by atoms with Gasteiger partial charge >= 0.3 is 12.0 Å². The fraction of sp³-hybridized carbons (Fsp3) is 0.500. The highest BCUT2D eigenvalue weighted by molar-refractivity contribution is 5.82. The summed E-state index contributed by atoms with van der Waals surface area (Å²) in [5, 5.41) is 11.4. The molecule has 1 atom stereocenters. The summed E-state index contributed by atoms with van der Waals surface area (Å²) in [5.41, 5.74) is 0.994. The number of benzene rings is 1. The summed E-state index contributed by atoms with van der Waals surface area (Å²) in [7, 11) is 0. The van der Waals surface area contributed by atoms with Gasteiger partial charge in [-0.25, -0.2) is 4.79 Å². The summed E-state index contributed by atoms with van der Waals surface area (Å²) < 4.78 is 5.39. The van der Waals surface area contributed by atoms with Crippen LogP contribution < -0.4 is 10.1 Å². The number of nitrogens with one attached hydrogen (secondary N) is 1. The van der Waals surface area contributed by atoms with Gasteiger partial charge in [-0.1, -0.05) is 12.1 Å². The summed E-state index contributed by atoms with van der Waals surface area (Å²) in [4.78, 5) is 24.8. The standard InChI is InChI=1S/C16H22N2O4/c1-3-22-14-8-4-12(5-9-14)10-18(13-6-7-13)16(21)17-11(2)15(19)20/h4-5,8-9,11,13H,3,6-7,10H2,1-2H3,(H,17,21)(H,19,20). The minimum Gasteiger partial charge on any atom is -0.494 e. The maximum atomic E-state index is 12.2. The molecule has 2 N–H and O–H groups in total. The van der Waals surface area contributed by atoms with Crippen LogP contribution in [0.25, 0.3) is 0 Å². The topological polar surface area (TPSA) is 78.9 Å². The molecule has 1 aromatic rings. The van der Waals surface area contributed by atoms with Gasteiger partial charge in [0.1, 0.15) is 11.8 Å². The van der Waals surface area contributed by atoms with E-state index in [1.807, 2.05) is 31.2 Å². The SMILES string of the molecule is CCOc1ccc(CN(C(=O)NC(C)C(=O)O)C2CC2)cc1. The van der Waals surface area contributed by atoms with Crippen LogP contribution in [0, 0.1) is 0 Å². The zero-order valence-electron chi connectivity index (χ0n) is 12.9. The van der Waals surface area contributed by atoms with Gasteiger partial charge in [0.25, 0.3) is 0 Å². The number of carbonyl (C=O) groups is 2. The van der Waals surface area contributed by atoms with Crippen molar-refractivity contribution in [3.63, 3.8) is 0 Å². The second-order valence-corrected chi connectivity index (χ2v) is 5.45. The molecule has 120 valence electrons. The predicted octanol–water partition coefficient (Wildman–Crippen LogP) is 2.23. The number of carbonyl (C=O) groups excluding carboxylic acids is 1. The molecule has 0 aliphatic heterocycles. The Morgan fingerprint density at radius 3 is 2.50 bits per heavy atom. The van der Waals surface area contributed by atoms with Gasteiger partial charge in [0.05, 0.1) is 6.61 Å². The predicted molar refractivity (Wildman–Crippen MR) is 81.8 cm³/mol. The summed E-state index contributed by atoms with van der Waals surface area (Å²) in [6.07, 6.45) is 1.93. The van der Waals surface area contributed by atoms with E-state index >= 15 is 0 Å². The molecule has 6 nitrogen and oxygen atoms in total. The zero-order chi connectivity index (χ0) is 16.1. The average molecular weight is 306 g/mol. The molecular formula is C16H22N2O4. The molecule has 1 aliphatic rings. The van der Waals surface area contributed by atoms with Gasteiger partial charge < -0.3 is 20.1 Å². The maximum absolute atomic E-state index is 12.2. The number of carboxylic acid groups (broad SMARTS) is 1. The quantitative estimate of drug-likeness (QED) is 0.809. The van der Waals surface area contributed by atoms with Crippen LogP contribution in [0.5, 0.6) is 5.75 Å². The molecule has 6 heteroatoms. The van der Waals surface area contributed by atoms with Crippen molar-refractivity contribution in [2.24, 2.45) is 0 Å². The first-order chi connectivity index (χ1) is 10.5. The smallest absolute Gasteiger partial charge is 0.325 e. The monoisotopic (exact) mass is 306 g/mol. The Balaban J connectivity index is 1.99. The fourth-order valence-corrected chi connectivity index (χ4v) is 2.14. The van der Waals surface area contributed by atoms with E-state index in [2.05, 4.69) is 5.32 Å². The normalized spacial score (nSPS) is 15.0. The zero-order valence-corrected chi connectivity index (χ0v) is 12.9. The Morgan fingerprint density at radius 2 is 2.00 bits per heavy atom. The molecule has 0 aromatic heterocycles. The number of carboxylic acids is 1. The molecule has 1 aromatic carbocycles. The molecule has 0 spiro atoms. The second kappa shape index (κ2) is 7.15. The lowest BCUT2D eigenvalue weighted by Gasteiger charge is -2.24. The third-order valence-electron chi connectivity index (χ3n) is 3.55. The number of hydrogen-bond acceptors (Lipinski definition) is 3. The van der Waals surface area contributed by atoms with Crippen LogP contribution in [0.3, 0.4) is 0 Å². The Bertz CT molecular complexity index is 525. The van der Waals surface area contributed by atoms with Crippen LogP contribution in [0.15, 0.2) is 24.3 Å². The lowest BCUT2D eigenvalue weighted by molar-refractivity contribution is -0.138. The Hall–Kier alpha value is -2.24. The van der Waals surface area contributed by atoms with Gasteiger partial charge in [0.2, 0.25) is 0 Å². The Morgan fingerprint density at radius 1 is 1.36 bits per heavy atom. The summed E-state index contributed by atoms with van der Waals surface area (Å²) in [6, 6.07) is 6.58. The molecule has 0 heterocycles. The molecule has 2 rings (SSSR count). The largest absolute Gasteiger partial charge is 0.494 e. The molecule has 1 saturated carbocycles. The lowest BCUT2D eigenvalue weighted by Crippen LogP contribution is -2.47. The van der Waals surface area contributed by atoms with Crippen LogP contribution in [-0.4, -0.2) is 40.7 Å². The van der Waals surface area contributed by atoms with E-state index in [1.165, 1.54) is 6.92 Å². The molecule has 22 heavy (non-hydrogen) atoms. The number of hydrogen-bond donors (Lipinski definition) is 2. The van der Waals surface area contributed by atoms with Gasteiger partial charge in [-0.15, -0.1) is 0 Å². The van der Waals surface area contributed by atoms with Crippen LogP contribution in [0.2, 0.25) is 0 Å². The van der Waals surface area contributed by atoms with Crippen LogP contribution in [-0.2, 0) is 11.3 Å². The first kappa shape index (κ1) is 16.1. The fourth-order valence-electron chi connectivity index (χ4n) is 2.14. The van der Waals surface area contributed by atoms with Crippen LogP contribution in [0.4, 0.5) is 4.79 Å². The van der Waals surface area contributed by atoms with Crippen molar-refractivity contribution in [3.8, 4) is 5.75 Å². The van der Waals surface area contributed by atoms with Gasteiger partial charge in [-0.2, -0.15) is 0 Å². The first-order valence-electron chi connectivity index (χ1n) is 7.53. The molecule has 1 aliphatic carbocycles. The van der Waals surface area contributed by atoms with Crippen molar-refractivity contribution in [1.29, 1.82) is 0 Å². The second-order valence-electron chi connectivity index (χ2n) is 5.45. The van der Waals surface area contributed by atoms with Crippen molar-refractivity contribution in [2.75, 3.05) is 6.61 Å². The third kappa shape index (κ3) is 4.38. The third-order valence-corrected chi connectivity index (χ3v) is 3.55. The minimum atomic E-state index is -1.04. The first-order valence-corrected chi connectivity index (χ1v) is 7.53. The number of amides is 2. The van der Waals surface area contributed by atoms with Gasteiger partial charge in [0, 0.05) is 12.6 Å². The van der Waals surface area contributed by atoms with Crippen molar-refractivity contribution in [1.82, 2.24) is 10.2 Å². The molecule has 1 fully saturated rings. The van der Waals surface area contributed by atoms with E-state index in [9.17, 15) is 9.59 Å². The Labute approximate surface area is 130 Å². The highest BCUT2D eigenvalue weighted by Crippen LogP contribution is 2.28. The van der Waals surface area contributed by atoms with E-state index in [1.54, 1.807) is 4.90 Å². The van der Waals surface area contributed by atoms with Crippen molar-refractivity contribution < 1.29 is 19.4 Å². The minimum absolute atomic E-state index is 0.201. The number of nitrogens with zero attached hydrogens (tertiary/aromatic N) is 1. The average Bonchev–Trinajstić information content (AvgIpc) is 3.31. The van der Waals surface area contributed by atoms with E-state index in [0.717, 1.165) is 24.2 Å². The van der Waals surface area contributed by atoms with Crippen LogP contribution in [0.1, 0.15) is 32.3 Å². The highest BCUT2D eigenvalue weighted by Gasteiger charge is 2.33. The van der Waals surface area contributed by atoms with Crippen molar-refractivity contribution in [3.05, 3.63) is 29.8 Å². The molecular weight excluding hydrogens is 284 g/mol. The Kier molecular flexibility index (Phi) is 5.25. The van der Waals surface area contributed by atoms with E-state index < -0.39 is 12.0 Å². The van der Waals surface area contributed by atoms with E-state index in [-0.39, 0.29) is 12.1 Å². The van der Waals surface area contributed by atoms with Crippen molar-refractivity contribution >= 4 is 12.0 Å². The molecule has 0 radical (unpaired) electrons. The summed E-state index contributed by atoms with van der Waals surface area (Å²) in [5.74, 6) is -0.238. The molecule has 1 unspecified atom stereocenters. The highest BCUT2D eigenvalue weighted by atomic mass is 16.5. The van der Waals surface area contributed by atoms with Crippen molar-refractivity contribution in [2.45, 2.75) is 45.3 Å². The van der Waals surface area contributed by atoms with Gasteiger partial charge in [-0.3, -0.25) is 4.79 Å². The number of ether oxygens (including phenoxy) is 1. The summed E-state index contributed by atoms with van der Waals surface area (Å²) >= 11 is 0. The van der Waals surface area contributed by atoms with E-state index in [0.29, 0.717) is 13.2 Å².